The fourth-order valence-electron chi connectivity index (χ4n) is 2.79. The van der Waals surface area contributed by atoms with E-state index in [1.807, 2.05) is 22.7 Å². The predicted octanol–water partition coefficient (Wildman–Crippen LogP) is 2.42. The lowest BCUT2D eigenvalue weighted by Crippen LogP contribution is -2.24. The van der Waals surface area contributed by atoms with Crippen molar-refractivity contribution in [1.82, 2.24) is 9.38 Å². The number of nitrogens with zero attached hydrogens (tertiary/aromatic N) is 2. The maximum atomic E-state index is 6.07. The fraction of sp³-hybridized carbons (Fsp3) is 0.462. The molecule has 0 saturated carbocycles. The van der Waals surface area contributed by atoms with Gasteiger partial charge in [-0.15, -0.1) is 0 Å². The van der Waals surface area contributed by atoms with Crippen molar-refractivity contribution in [3.05, 3.63) is 29.7 Å². The van der Waals surface area contributed by atoms with Crippen LogP contribution in [0.3, 0.4) is 0 Å². The number of nitrogens with two attached hydrogens (primary N) is 1. The molecule has 0 unspecified atom stereocenters. The zero-order valence-corrected chi connectivity index (χ0v) is 10.6. The summed E-state index contributed by atoms with van der Waals surface area (Å²) in [5.41, 5.74) is 8.92. The monoisotopic (exact) mass is 231 g/mol. The third-order valence-corrected chi connectivity index (χ3v) is 3.29. The molecule has 1 aliphatic heterocycles. The van der Waals surface area contributed by atoms with Gasteiger partial charge in [-0.25, -0.2) is 4.98 Å². The van der Waals surface area contributed by atoms with Crippen LogP contribution < -0.4 is 5.73 Å². The molecule has 2 aromatic rings. The molecular weight excluding hydrogens is 214 g/mol. The second-order valence-corrected chi connectivity index (χ2v) is 5.62. The molecule has 2 N–H and O–H groups in total. The van der Waals surface area contributed by atoms with E-state index in [4.69, 9.17) is 10.5 Å². The molecular formula is C13H17N3O. The molecule has 3 rings (SSSR count). The number of ether oxygens (including phenoxy) is 1. The molecule has 0 aromatic carbocycles. The Hall–Kier alpha value is -1.55. The Balaban J connectivity index is 2.42. The minimum Gasteiger partial charge on any atom is -0.398 e. The maximum Gasteiger partial charge on any atom is 0.137 e. The van der Waals surface area contributed by atoms with E-state index in [0.29, 0.717) is 0 Å². The minimum absolute atomic E-state index is 0.341. The third kappa shape index (κ3) is 1.30. The lowest BCUT2D eigenvalue weighted by atomic mass is 10.0. The standard InChI is InChI=1S/C13H17N3O/c1-12(2)10-11(13(3,4)17-12)16-7-8(14)5-6-9(16)15-10/h5-7H,14H2,1-4H3. The Labute approximate surface area is 100 Å². The lowest BCUT2D eigenvalue weighted by Gasteiger charge is -2.25. The van der Waals surface area contributed by atoms with Gasteiger partial charge < -0.3 is 10.5 Å². The van der Waals surface area contributed by atoms with Crippen LogP contribution in [-0.4, -0.2) is 9.38 Å². The average molecular weight is 231 g/mol. The SMILES string of the molecule is CC1(C)OC(C)(C)c2c1nc1ccc(N)cn21. The van der Waals surface area contributed by atoms with E-state index in [-0.39, 0.29) is 11.2 Å². The Morgan fingerprint density at radius 2 is 1.88 bits per heavy atom. The van der Waals surface area contributed by atoms with E-state index >= 15 is 0 Å². The molecule has 4 heteroatoms. The van der Waals surface area contributed by atoms with Gasteiger partial charge in [0, 0.05) is 11.9 Å². The molecule has 0 spiro atoms. The van der Waals surface area contributed by atoms with Crippen molar-refractivity contribution >= 4 is 11.3 Å². The smallest absolute Gasteiger partial charge is 0.137 e. The molecule has 2 aromatic heterocycles. The van der Waals surface area contributed by atoms with Gasteiger partial charge in [-0.1, -0.05) is 0 Å². The number of anilines is 1. The van der Waals surface area contributed by atoms with Gasteiger partial charge in [0.05, 0.1) is 11.4 Å². The summed E-state index contributed by atoms with van der Waals surface area (Å²) < 4.78 is 8.11. The molecule has 0 amide bonds. The van der Waals surface area contributed by atoms with E-state index < -0.39 is 0 Å². The Morgan fingerprint density at radius 3 is 2.59 bits per heavy atom. The number of hydrogen-bond acceptors (Lipinski definition) is 3. The first kappa shape index (κ1) is 10.6. The van der Waals surface area contributed by atoms with Gasteiger partial charge >= 0.3 is 0 Å². The van der Waals surface area contributed by atoms with Crippen molar-refractivity contribution in [3.63, 3.8) is 0 Å². The summed E-state index contributed by atoms with van der Waals surface area (Å²) in [7, 11) is 0. The molecule has 0 aliphatic carbocycles. The summed E-state index contributed by atoms with van der Waals surface area (Å²) in [5.74, 6) is 0. The van der Waals surface area contributed by atoms with Gasteiger partial charge in [0.15, 0.2) is 0 Å². The van der Waals surface area contributed by atoms with Crippen molar-refractivity contribution < 1.29 is 4.74 Å². The Morgan fingerprint density at radius 1 is 1.18 bits per heavy atom. The second kappa shape index (κ2) is 2.82. The predicted molar refractivity (Wildman–Crippen MR) is 66.7 cm³/mol. The fourth-order valence-corrected chi connectivity index (χ4v) is 2.79. The lowest BCUT2D eigenvalue weighted by molar-refractivity contribution is -0.108. The van der Waals surface area contributed by atoms with Crippen LogP contribution in [0.15, 0.2) is 18.3 Å². The molecule has 0 atom stereocenters. The third-order valence-electron chi connectivity index (χ3n) is 3.29. The maximum absolute atomic E-state index is 6.07. The van der Waals surface area contributed by atoms with E-state index in [0.717, 1.165) is 22.7 Å². The van der Waals surface area contributed by atoms with Gasteiger partial charge in [0.2, 0.25) is 0 Å². The van der Waals surface area contributed by atoms with Crippen LogP contribution in [0, 0.1) is 0 Å². The van der Waals surface area contributed by atoms with Crippen LogP contribution in [0.4, 0.5) is 5.69 Å². The van der Waals surface area contributed by atoms with Gasteiger partial charge in [0.25, 0.3) is 0 Å². The first-order valence-corrected chi connectivity index (χ1v) is 5.80. The average Bonchev–Trinajstić information content (AvgIpc) is 2.62. The van der Waals surface area contributed by atoms with E-state index in [9.17, 15) is 0 Å². The molecule has 4 nitrogen and oxygen atoms in total. The zero-order valence-electron chi connectivity index (χ0n) is 10.6. The summed E-state index contributed by atoms with van der Waals surface area (Å²) in [6, 6.07) is 3.82. The van der Waals surface area contributed by atoms with Crippen molar-refractivity contribution in [2.24, 2.45) is 0 Å². The normalized spacial score (nSPS) is 20.7. The summed E-state index contributed by atoms with van der Waals surface area (Å²) in [6.07, 6.45) is 1.91. The van der Waals surface area contributed by atoms with Gasteiger partial charge in [-0.3, -0.25) is 4.40 Å². The highest BCUT2D eigenvalue weighted by atomic mass is 16.5. The number of rotatable bonds is 0. The van der Waals surface area contributed by atoms with Crippen molar-refractivity contribution in [1.29, 1.82) is 0 Å². The number of fused-ring (bicyclic) bond motifs is 3. The molecule has 1 aliphatic rings. The Bertz CT molecular complexity index is 610. The van der Waals surface area contributed by atoms with Crippen LogP contribution in [-0.2, 0) is 15.9 Å². The van der Waals surface area contributed by atoms with Crippen LogP contribution in [0.25, 0.3) is 5.65 Å². The van der Waals surface area contributed by atoms with Gasteiger partial charge in [-0.2, -0.15) is 0 Å². The van der Waals surface area contributed by atoms with Crippen molar-refractivity contribution in [2.45, 2.75) is 38.9 Å². The Kier molecular flexibility index (Phi) is 1.76. The summed E-state index contributed by atoms with van der Waals surface area (Å²) in [5, 5.41) is 0. The number of hydrogen-bond donors (Lipinski definition) is 1. The highest BCUT2D eigenvalue weighted by Gasteiger charge is 2.47. The molecule has 0 bridgehead atoms. The summed E-state index contributed by atoms with van der Waals surface area (Å²) in [6.45, 7) is 8.24. The molecule has 90 valence electrons. The summed E-state index contributed by atoms with van der Waals surface area (Å²) in [4.78, 5) is 4.67. The van der Waals surface area contributed by atoms with E-state index in [2.05, 4.69) is 32.7 Å². The van der Waals surface area contributed by atoms with Gasteiger partial charge in [-0.05, 0) is 39.8 Å². The number of nitrogen functional groups attached to an aromatic ring is 1. The van der Waals surface area contributed by atoms with Gasteiger partial charge in [0.1, 0.15) is 16.8 Å². The molecule has 0 fully saturated rings. The quantitative estimate of drug-likeness (QED) is 0.757. The van der Waals surface area contributed by atoms with Crippen LogP contribution in [0.2, 0.25) is 0 Å². The van der Waals surface area contributed by atoms with Crippen LogP contribution in [0.1, 0.15) is 39.1 Å². The van der Waals surface area contributed by atoms with Crippen molar-refractivity contribution in [3.8, 4) is 0 Å². The van der Waals surface area contributed by atoms with E-state index in [1.54, 1.807) is 0 Å². The first-order valence-electron chi connectivity index (χ1n) is 5.80. The molecule has 0 saturated heterocycles. The van der Waals surface area contributed by atoms with Crippen molar-refractivity contribution in [2.75, 3.05) is 5.73 Å². The second-order valence-electron chi connectivity index (χ2n) is 5.62. The number of aromatic nitrogens is 2. The van der Waals surface area contributed by atoms with Crippen LogP contribution in [0.5, 0.6) is 0 Å². The topological polar surface area (TPSA) is 52.5 Å². The highest BCUT2D eigenvalue weighted by Crippen LogP contribution is 2.46. The van der Waals surface area contributed by atoms with Crippen LogP contribution >= 0.6 is 0 Å². The highest BCUT2D eigenvalue weighted by molar-refractivity contribution is 5.53. The summed E-state index contributed by atoms with van der Waals surface area (Å²) >= 11 is 0. The van der Waals surface area contributed by atoms with E-state index in [1.165, 1.54) is 0 Å². The largest absolute Gasteiger partial charge is 0.398 e. The minimum atomic E-state index is -0.348. The first-order chi connectivity index (χ1) is 7.81. The number of pyridine rings is 1. The molecule has 3 heterocycles. The zero-order chi connectivity index (χ0) is 12.4. The molecule has 17 heavy (non-hydrogen) atoms. The molecule has 0 radical (unpaired) electrons. The number of imidazole rings is 1.